The second-order valence-electron chi connectivity index (χ2n) is 7.74. The molecule has 2 aromatic heterocycles. The average Bonchev–Trinajstić information content (AvgIpc) is 3.44. The molecule has 2 N–H and O–H groups in total. The van der Waals surface area contributed by atoms with Crippen molar-refractivity contribution in [1.82, 2.24) is 20.1 Å². The molecule has 9 heteroatoms. The van der Waals surface area contributed by atoms with Gasteiger partial charge in [0.25, 0.3) is 6.01 Å². The van der Waals surface area contributed by atoms with Gasteiger partial charge in [0, 0.05) is 23.6 Å². The van der Waals surface area contributed by atoms with E-state index in [-0.39, 0.29) is 11.6 Å². The van der Waals surface area contributed by atoms with Crippen molar-refractivity contribution in [3.63, 3.8) is 0 Å². The van der Waals surface area contributed by atoms with E-state index >= 15 is 0 Å². The number of carbonyl (C=O) groups is 1. The molecule has 35 heavy (non-hydrogen) atoms. The number of aryl methyl sites for hydroxylation is 2. The second-order valence-corrected chi connectivity index (χ2v) is 8.15. The van der Waals surface area contributed by atoms with Gasteiger partial charge in [0.1, 0.15) is 5.75 Å². The van der Waals surface area contributed by atoms with E-state index in [0.717, 1.165) is 11.1 Å². The number of aromatic nitrogens is 4. The summed E-state index contributed by atoms with van der Waals surface area (Å²) in [6.45, 7) is 3.46. The summed E-state index contributed by atoms with van der Waals surface area (Å²) in [6, 6.07) is 16.0. The lowest BCUT2D eigenvalue weighted by Gasteiger charge is -2.05. The summed E-state index contributed by atoms with van der Waals surface area (Å²) in [7, 11) is 0. The molecule has 0 bridgehead atoms. The molecule has 3 aromatic carbocycles. The second kappa shape index (κ2) is 8.97. The van der Waals surface area contributed by atoms with Crippen molar-refractivity contribution in [3.05, 3.63) is 87.8 Å². The highest BCUT2D eigenvalue weighted by molar-refractivity contribution is 6.32. The maximum Gasteiger partial charge on any atom is 0.336 e. The molecule has 0 aliphatic carbocycles. The zero-order valence-corrected chi connectivity index (χ0v) is 19.3. The van der Waals surface area contributed by atoms with Crippen molar-refractivity contribution in [2.75, 3.05) is 0 Å². The zero-order valence-electron chi connectivity index (χ0n) is 18.6. The van der Waals surface area contributed by atoms with Crippen LogP contribution in [0.1, 0.15) is 32.9 Å². The summed E-state index contributed by atoms with van der Waals surface area (Å²) < 4.78 is 10.8. The molecule has 0 aliphatic heterocycles. The highest BCUT2D eigenvalue weighted by atomic mass is 35.5. The minimum Gasteiger partial charge on any atom is -0.478 e. The van der Waals surface area contributed by atoms with Gasteiger partial charge < -0.3 is 19.4 Å². The third-order valence-electron chi connectivity index (χ3n) is 5.22. The SMILES string of the molecule is Cc1nc(-c2ccc(C#Cc3cc4[nH]c(Oc5ccc(C)c(C(=O)O)c5)nc4cc3Cl)cc2)no1. The molecular weight excluding hydrogens is 468 g/mol. The Morgan fingerprint density at radius 1 is 1.06 bits per heavy atom. The number of nitrogens with zero attached hydrogens (tertiary/aromatic N) is 3. The Balaban J connectivity index is 1.38. The Morgan fingerprint density at radius 3 is 2.57 bits per heavy atom. The summed E-state index contributed by atoms with van der Waals surface area (Å²) in [5.74, 6) is 6.55. The number of hydrogen-bond acceptors (Lipinski definition) is 6. The Kier molecular flexibility index (Phi) is 5.69. The first-order valence-corrected chi connectivity index (χ1v) is 10.9. The minimum atomic E-state index is -1.02. The van der Waals surface area contributed by atoms with Gasteiger partial charge in [0.05, 0.1) is 21.6 Å². The number of H-pyrrole nitrogens is 1. The van der Waals surface area contributed by atoms with Crippen LogP contribution in [0.3, 0.4) is 0 Å². The van der Waals surface area contributed by atoms with Crippen molar-refractivity contribution < 1.29 is 19.2 Å². The molecule has 0 saturated carbocycles. The Morgan fingerprint density at radius 2 is 1.86 bits per heavy atom. The number of nitrogens with one attached hydrogen (secondary N) is 1. The number of carboxylic acid groups (broad SMARTS) is 1. The van der Waals surface area contributed by atoms with Crippen LogP contribution in [0, 0.1) is 25.7 Å². The van der Waals surface area contributed by atoms with Gasteiger partial charge in [-0.2, -0.15) is 9.97 Å². The van der Waals surface area contributed by atoms with E-state index in [1.165, 1.54) is 6.07 Å². The van der Waals surface area contributed by atoms with E-state index in [1.54, 1.807) is 38.1 Å². The van der Waals surface area contributed by atoms with Crippen molar-refractivity contribution in [2.24, 2.45) is 0 Å². The lowest BCUT2D eigenvalue weighted by molar-refractivity contribution is 0.0695. The van der Waals surface area contributed by atoms with E-state index in [1.807, 2.05) is 24.3 Å². The fraction of sp³-hybridized carbons (Fsp3) is 0.0769. The Bertz CT molecular complexity index is 1640. The van der Waals surface area contributed by atoms with Gasteiger partial charge >= 0.3 is 5.97 Å². The number of imidazole rings is 1. The molecule has 0 atom stereocenters. The van der Waals surface area contributed by atoms with Gasteiger partial charge in [0.15, 0.2) is 0 Å². The fourth-order valence-corrected chi connectivity index (χ4v) is 3.62. The Hall–Kier alpha value is -4.61. The predicted molar refractivity (Wildman–Crippen MR) is 130 cm³/mol. The molecule has 0 fully saturated rings. The average molecular weight is 485 g/mol. The summed E-state index contributed by atoms with van der Waals surface area (Å²) in [4.78, 5) is 23.0. The lowest BCUT2D eigenvalue weighted by Crippen LogP contribution is -2.00. The molecule has 0 radical (unpaired) electrons. The van der Waals surface area contributed by atoms with Crippen molar-refractivity contribution >= 4 is 28.6 Å². The molecule has 0 aliphatic rings. The number of fused-ring (bicyclic) bond motifs is 1. The van der Waals surface area contributed by atoms with Crippen molar-refractivity contribution in [1.29, 1.82) is 0 Å². The zero-order chi connectivity index (χ0) is 24.5. The van der Waals surface area contributed by atoms with Crippen LogP contribution in [0.4, 0.5) is 0 Å². The van der Waals surface area contributed by atoms with Gasteiger partial charge in [-0.15, -0.1) is 0 Å². The fourth-order valence-electron chi connectivity index (χ4n) is 3.42. The van der Waals surface area contributed by atoms with Gasteiger partial charge in [-0.25, -0.2) is 4.79 Å². The topological polar surface area (TPSA) is 114 Å². The van der Waals surface area contributed by atoms with Crippen LogP contribution in [-0.4, -0.2) is 31.2 Å². The summed E-state index contributed by atoms with van der Waals surface area (Å²) in [5, 5.41) is 13.7. The van der Waals surface area contributed by atoms with Gasteiger partial charge in [-0.1, -0.05) is 34.7 Å². The first-order valence-electron chi connectivity index (χ1n) is 10.5. The number of aromatic carboxylic acids is 1. The van der Waals surface area contributed by atoms with E-state index < -0.39 is 5.97 Å². The maximum absolute atomic E-state index is 11.4. The van der Waals surface area contributed by atoms with Gasteiger partial charge in [0.2, 0.25) is 11.7 Å². The highest BCUT2D eigenvalue weighted by Crippen LogP contribution is 2.27. The smallest absolute Gasteiger partial charge is 0.336 e. The predicted octanol–water partition coefficient (Wildman–Crippen LogP) is 5.77. The molecule has 5 aromatic rings. The molecule has 0 amide bonds. The van der Waals surface area contributed by atoms with Crippen LogP contribution in [0.15, 0.2) is 59.1 Å². The molecule has 8 nitrogen and oxygen atoms in total. The molecule has 5 rings (SSSR count). The number of benzene rings is 3. The Labute approximate surface area is 204 Å². The van der Waals surface area contributed by atoms with Crippen LogP contribution in [-0.2, 0) is 0 Å². The van der Waals surface area contributed by atoms with Crippen molar-refractivity contribution in [2.45, 2.75) is 13.8 Å². The van der Waals surface area contributed by atoms with Crippen LogP contribution >= 0.6 is 11.6 Å². The molecule has 2 heterocycles. The van der Waals surface area contributed by atoms with Gasteiger partial charge in [-0.3, -0.25) is 0 Å². The largest absolute Gasteiger partial charge is 0.478 e. The highest BCUT2D eigenvalue weighted by Gasteiger charge is 2.12. The summed E-state index contributed by atoms with van der Waals surface area (Å²) in [6.07, 6.45) is 0. The van der Waals surface area contributed by atoms with Crippen LogP contribution in [0.5, 0.6) is 11.8 Å². The minimum absolute atomic E-state index is 0.166. The molecular formula is C26H17ClN4O4. The number of aromatic amines is 1. The monoisotopic (exact) mass is 484 g/mol. The number of halogens is 1. The third kappa shape index (κ3) is 4.71. The first kappa shape index (κ1) is 22.2. The summed E-state index contributed by atoms with van der Waals surface area (Å²) in [5.41, 5.74) is 4.34. The first-order chi connectivity index (χ1) is 16.9. The lowest BCUT2D eigenvalue weighted by atomic mass is 10.1. The van der Waals surface area contributed by atoms with E-state index in [2.05, 4.69) is 31.9 Å². The molecule has 0 saturated heterocycles. The van der Waals surface area contributed by atoms with E-state index in [4.69, 9.17) is 20.9 Å². The van der Waals surface area contributed by atoms with Crippen molar-refractivity contribution in [3.8, 4) is 35.0 Å². The quantitative estimate of drug-likeness (QED) is 0.311. The van der Waals surface area contributed by atoms with Crippen LogP contribution < -0.4 is 4.74 Å². The number of hydrogen-bond donors (Lipinski definition) is 2. The van der Waals surface area contributed by atoms with E-state index in [0.29, 0.717) is 44.6 Å². The number of rotatable bonds is 4. The number of ether oxygens (including phenoxy) is 1. The van der Waals surface area contributed by atoms with Crippen LogP contribution in [0.2, 0.25) is 5.02 Å². The molecule has 0 unspecified atom stereocenters. The van der Waals surface area contributed by atoms with Crippen LogP contribution in [0.25, 0.3) is 22.4 Å². The third-order valence-corrected chi connectivity index (χ3v) is 5.53. The standard InChI is InChI=1S/C26H17ClN4O4/c1-14-3-10-19(12-20(14)25(32)33)34-26-29-22-11-18(21(27)13-23(22)30-26)9-6-16-4-7-17(8-5-16)24-28-15(2)35-31-24/h3-5,7-8,10-13H,1-2H3,(H,29,30)(H,32,33). The number of carboxylic acids is 1. The van der Waals surface area contributed by atoms with Gasteiger partial charge in [-0.05, 0) is 61.0 Å². The normalized spacial score (nSPS) is 10.7. The molecule has 0 spiro atoms. The molecule has 172 valence electrons. The van der Waals surface area contributed by atoms with E-state index in [9.17, 15) is 9.90 Å². The maximum atomic E-state index is 11.4. The summed E-state index contributed by atoms with van der Waals surface area (Å²) >= 11 is 6.43.